The van der Waals surface area contributed by atoms with Gasteiger partial charge >= 0.3 is 5.97 Å². The first-order chi connectivity index (χ1) is 14.9. The van der Waals surface area contributed by atoms with E-state index < -0.39 is 5.97 Å². The highest BCUT2D eigenvalue weighted by molar-refractivity contribution is 5.97. The number of nitrogens with zero attached hydrogens (tertiary/aromatic N) is 1. The van der Waals surface area contributed by atoms with E-state index in [4.69, 9.17) is 5.11 Å². The second-order valence-corrected chi connectivity index (χ2v) is 8.65. The molecule has 0 amide bonds. The third-order valence-electron chi connectivity index (χ3n) is 6.01. The van der Waals surface area contributed by atoms with Crippen LogP contribution >= 0.6 is 0 Å². The van der Waals surface area contributed by atoms with Gasteiger partial charge in [0, 0.05) is 0 Å². The zero-order valence-corrected chi connectivity index (χ0v) is 20.2. The normalized spacial score (nSPS) is 11.2. The maximum atomic E-state index is 11.4. The number of fused-ring (bicyclic) bond motifs is 1. The molecule has 0 aliphatic heterocycles. The van der Waals surface area contributed by atoms with E-state index >= 15 is 0 Å². The lowest BCUT2D eigenvalue weighted by Crippen LogP contribution is -2.50. The molecule has 2 rings (SSSR count). The summed E-state index contributed by atoms with van der Waals surface area (Å²) in [5.41, 5.74) is 0.0358. The van der Waals surface area contributed by atoms with Gasteiger partial charge in [0.2, 0.25) is 0 Å². The van der Waals surface area contributed by atoms with Gasteiger partial charge in [0.15, 0.2) is 0 Å². The van der Waals surface area contributed by atoms with E-state index in [-0.39, 0.29) is 11.3 Å². The van der Waals surface area contributed by atoms with Gasteiger partial charge < -0.3 is 14.7 Å². The summed E-state index contributed by atoms with van der Waals surface area (Å²) in [4.78, 5) is 10.7. The summed E-state index contributed by atoms with van der Waals surface area (Å²) in [6.45, 7) is 15.0. The number of hydrogen-bond donors (Lipinski definition) is 1. The van der Waals surface area contributed by atoms with E-state index in [9.17, 15) is 9.90 Å². The molecule has 0 atom stereocenters. The van der Waals surface area contributed by atoms with Crippen molar-refractivity contribution in [2.24, 2.45) is 0 Å². The highest BCUT2D eigenvalue weighted by Gasteiger charge is 2.24. The van der Waals surface area contributed by atoms with Crippen molar-refractivity contribution in [3.05, 3.63) is 42.0 Å². The fourth-order valence-corrected chi connectivity index (χ4v) is 4.04. The van der Waals surface area contributed by atoms with Crippen molar-refractivity contribution in [1.29, 1.82) is 0 Å². The molecule has 2 aromatic carbocycles. The maximum absolute atomic E-state index is 11.4. The van der Waals surface area contributed by atoms with Crippen LogP contribution in [-0.2, 0) is 0 Å². The van der Waals surface area contributed by atoms with E-state index in [2.05, 4.69) is 27.7 Å². The minimum absolute atomic E-state index is 0.0358. The van der Waals surface area contributed by atoms with Crippen molar-refractivity contribution in [2.45, 2.75) is 79.1 Å². The molecule has 0 spiro atoms. The van der Waals surface area contributed by atoms with Crippen LogP contribution in [0, 0.1) is 0 Å². The molecule has 0 radical (unpaired) electrons. The Kier molecular flexibility index (Phi) is 12.9. The Bertz CT molecular complexity index is 735. The molecule has 1 N–H and O–H groups in total. The van der Waals surface area contributed by atoms with Crippen LogP contribution < -0.4 is 5.11 Å². The first-order valence-corrected chi connectivity index (χ1v) is 12.2. The third kappa shape index (κ3) is 9.30. The Morgan fingerprint density at radius 1 is 0.806 bits per heavy atom. The van der Waals surface area contributed by atoms with Crippen molar-refractivity contribution in [3.8, 4) is 5.75 Å². The van der Waals surface area contributed by atoms with Crippen molar-refractivity contribution >= 4 is 16.7 Å². The summed E-state index contributed by atoms with van der Waals surface area (Å²) >= 11 is 0. The molecule has 174 valence electrons. The number of benzene rings is 2. The van der Waals surface area contributed by atoms with Gasteiger partial charge in [0.25, 0.3) is 0 Å². The summed E-state index contributed by atoms with van der Waals surface area (Å²) in [5, 5.41) is 21.4. The van der Waals surface area contributed by atoms with Gasteiger partial charge in [-0.15, -0.1) is 5.75 Å². The van der Waals surface area contributed by atoms with Gasteiger partial charge in [-0.1, -0.05) is 83.7 Å². The summed E-state index contributed by atoms with van der Waals surface area (Å²) in [6.07, 6.45) is 11.1. The second-order valence-electron chi connectivity index (χ2n) is 8.65. The van der Waals surface area contributed by atoms with Gasteiger partial charge in [0.05, 0.1) is 31.7 Å². The minimum atomic E-state index is -1.08. The van der Waals surface area contributed by atoms with Crippen molar-refractivity contribution in [2.75, 3.05) is 26.2 Å². The number of hydrogen-bond acceptors (Lipinski definition) is 2. The highest BCUT2D eigenvalue weighted by atomic mass is 16.4. The average molecular weight is 430 g/mol. The molecular formula is C27H43NO3. The monoisotopic (exact) mass is 429 g/mol. The van der Waals surface area contributed by atoms with Gasteiger partial charge in [-0.05, 0) is 42.5 Å². The Morgan fingerprint density at radius 3 is 1.68 bits per heavy atom. The van der Waals surface area contributed by atoms with Crippen LogP contribution in [0.25, 0.3) is 10.8 Å². The van der Waals surface area contributed by atoms with Gasteiger partial charge in [0.1, 0.15) is 0 Å². The SMILES string of the molecule is CCCC[N+](CCCC)(CCCC)CCCC.O=C(O)c1cc([O-])c2ccccc2c1. The highest BCUT2D eigenvalue weighted by Crippen LogP contribution is 2.24. The van der Waals surface area contributed by atoms with E-state index in [1.165, 1.54) is 88.1 Å². The van der Waals surface area contributed by atoms with E-state index in [0.717, 1.165) is 6.07 Å². The topological polar surface area (TPSA) is 60.4 Å². The molecule has 0 saturated carbocycles. The lowest BCUT2D eigenvalue weighted by molar-refractivity contribution is -0.929. The van der Waals surface area contributed by atoms with E-state index in [1.807, 2.05) is 0 Å². The van der Waals surface area contributed by atoms with Gasteiger partial charge in [-0.3, -0.25) is 0 Å². The largest absolute Gasteiger partial charge is 0.872 e. The molecule has 0 aliphatic rings. The van der Waals surface area contributed by atoms with Crippen LogP contribution in [0.4, 0.5) is 0 Å². The molecule has 31 heavy (non-hydrogen) atoms. The molecule has 0 saturated heterocycles. The predicted octanol–water partition coefficient (Wildman–Crippen LogP) is 6.62. The van der Waals surface area contributed by atoms with Crippen LogP contribution in [0.2, 0.25) is 0 Å². The number of carboxylic acids is 1. The Labute approximate surface area is 189 Å². The zero-order valence-electron chi connectivity index (χ0n) is 20.2. The molecule has 0 aromatic heterocycles. The van der Waals surface area contributed by atoms with Crippen LogP contribution in [0.3, 0.4) is 0 Å². The molecule has 2 aromatic rings. The number of quaternary nitrogens is 1. The smallest absolute Gasteiger partial charge is 0.335 e. The number of aromatic carboxylic acids is 1. The van der Waals surface area contributed by atoms with Gasteiger partial charge in [-0.2, -0.15) is 0 Å². The summed E-state index contributed by atoms with van der Waals surface area (Å²) in [7, 11) is 0. The first-order valence-electron chi connectivity index (χ1n) is 12.2. The first kappa shape index (κ1) is 27.0. The van der Waals surface area contributed by atoms with Gasteiger partial charge in [-0.25, -0.2) is 4.79 Å². The molecule has 0 unspecified atom stereocenters. The van der Waals surface area contributed by atoms with Crippen LogP contribution in [0.15, 0.2) is 36.4 Å². The summed E-state index contributed by atoms with van der Waals surface area (Å²) < 4.78 is 1.42. The second kappa shape index (κ2) is 14.9. The summed E-state index contributed by atoms with van der Waals surface area (Å²) in [6, 6.07) is 9.58. The van der Waals surface area contributed by atoms with Crippen molar-refractivity contribution < 1.29 is 19.5 Å². The fourth-order valence-electron chi connectivity index (χ4n) is 4.04. The van der Waals surface area contributed by atoms with Crippen molar-refractivity contribution in [1.82, 2.24) is 0 Å². The fraction of sp³-hybridized carbons (Fsp3) is 0.593. The lowest BCUT2D eigenvalue weighted by atomic mass is 10.1. The standard InChI is InChI=1S/C16H36N.C11H8O3/c1-5-9-13-17(14-10-6-2,15-11-7-3)16-12-8-4;12-10-6-8(11(13)14)5-7-3-1-2-4-9(7)10/h5-16H2,1-4H3;1-6,12H,(H,13,14)/q+1;/p-1. The zero-order chi connectivity index (χ0) is 23.1. The lowest BCUT2D eigenvalue weighted by Gasteiger charge is -2.39. The van der Waals surface area contributed by atoms with Crippen LogP contribution in [-0.4, -0.2) is 41.7 Å². The molecular weight excluding hydrogens is 386 g/mol. The van der Waals surface area contributed by atoms with Crippen LogP contribution in [0.1, 0.15) is 89.4 Å². The predicted molar refractivity (Wildman–Crippen MR) is 130 cm³/mol. The quantitative estimate of drug-likeness (QED) is 0.364. The average Bonchev–Trinajstić information content (AvgIpc) is 2.78. The molecule has 4 heteroatoms. The third-order valence-corrected chi connectivity index (χ3v) is 6.01. The number of rotatable bonds is 13. The number of carbonyl (C=O) groups is 1. The molecule has 4 nitrogen and oxygen atoms in total. The maximum Gasteiger partial charge on any atom is 0.335 e. The number of unbranched alkanes of at least 4 members (excludes halogenated alkanes) is 4. The Morgan fingerprint density at radius 2 is 1.26 bits per heavy atom. The molecule has 0 heterocycles. The molecule has 0 fully saturated rings. The molecule has 0 bridgehead atoms. The van der Waals surface area contributed by atoms with Crippen LogP contribution in [0.5, 0.6) is 5.75 Å². The Hall–Kier alpha value is -2.07. The summed E-state index contributed by atoms with van der Waals surface area (Å²) in [5.74, 6) is -1.33. The van der Waals surface area contributed by atoms with Crippen molar-refractivity contribution in [3.63, 3.8) is 0 Å². The van der Waals surface area contributed by atoms with E-state index in [1.54, 1.807) is 24.3 Å². The molecule has 0 aliphatic carbocycles. The minimum Gasteiger partial charge on any atom is -0.872 e. The number of carboxylic acid groups (broad SMARTS) is 1. The van der Waals surface area contributed by atoms with E-state index in [0.29, 0.717) is 10.8 Å². The Balaban J connectivity index is 0.000000314.